The third kappa shape index (κ3) is 3.73. The summed E-state index contributed by atoms with van der Waals surface area (Å²) in [5.41, 5.74) is 0.749. The summed E-state index contributed by atoms with van der Waals surface area (Å²) in [6.07, 6.45) is 2.54. The van der Waals surface area contributed by atoms with Crippen LogP contribution in [0, 0.1) is 0 Å². The average Bonchev–Trinajstić information content (AvgIpc) is 3.17. The van der Waals surface area contributed by atoms with E-state index in [2.05, 4.69) is 41.5 Å². The van der Waals surface area contributed by atoms with Crippen LogP contribution in [0.15, 0.2) is 30.5 Å². The molecule has 1 fully saturated rings. The molecule has 7 heteroatoms. The molecule has 2 aromatic rings. The van der Waals surface area contributed by atoms with Crippen molar-refractivity contribution >= 4 is 11.8 Å². The summed E-state index contributed by atoms with van der Waals surface area (Å²) in [4.78, 5) is 16.6. The fourth-order valence-electron chi connectivity index (χ4n) is 2.48. The zero-order chi connectivity index (χ0) is 17.2. The van der Waals surface area contributed by atoms with Gasteiger partial charge in [0.1, 0.15) is 5.82 Å². The van der Waals surface area contributed by atoms with Gasteiger partial charge in [0.15, 0.2) is 5.82 Å². The maximum absolute atomic E-state index is 12.3. The topological polar surface area (TPSA) is 81.1 Å². The van der Waals surface area contributed by atoms with Gasteiger partial charge in [-0.3, -0.25) is 5.32 Å². The third-order valence-corrected chi connectivity index (χ3v) is 3.85. The van der Waals surface area contributed by atoms with Gasteiger partial charge in [0.25, 0.3) is 0 Å². The smallest absolute Gasteiger partial charge is 0.320 e. The molecule has 0 aromatic carbocycles. The predicted molar refractivity (Wildman–Crippen MR) is 91.4 cm³/mol. The van der Waals surface area contributed by atoms with E-state index in [-0.39, 0.29) is 17.5 Å². The fourth-order valence-corrected chi connectivity index (χ4v) is 2.48. The minimum absolute atomic E-state index is 0.0540. The van der Waals surface area contributed by atoms with Gasteiger partial charge in [-0.05, 0) is 18.6 Å². The van der Waals surface area contributed by atoms with Gasteiger partial charge in [0, 0.05) is 24.3 Å². The van der Waals surface area contributed by atoms with Crippen LogP contribution in [0.1, 0.15) is 32.9 Å². The fraction of sp³-hybridized carbons (Fsp3) is 0.471. The maximum Gasteiger partial charge on any atom is 0.320 e. The van der Waals surface area contributed by atoms with Crippen molar-refractivity contribution in [2.45, 2.75) is 38.6 Å². The van der Waals surface area contributed by atoms with Gasteiger partial charge in [0.05, 0.1) is 18.3 Å². The van der Waals surface area contributed by atoms with Crippen LogP contribution in [-0.2, 0) is 10.2 Å². The van der Waals surface area contributed by atoms with E-state index in [1.165, 1.54) is 0 Å². The Hall–Kier alpha value is -2.41. The van der Waals surface area contributed by atoms with Crippen LogP contribution in [-0.4, -0.2) is 40.1 Å². The standard InChI is InChI=1S/C17H23N5O2/c1-17(2,3)13-10-15(20-16(23)19-12-7-9-24-11-12)22(21-13)14-6-4-5-8-18-14/h4-6,8,10,12H,7,9,11H2,1-3H3,(H2,19,20,23). The lowest BCUT2D eigenvalue weighted by Gasteiger charge is -2.13. The number of amides is 2. The Balaban J connectivity index is 1.85. The molecule has 1 atom stereocenters. The van der Waals surface area contributed by atoms with Crippen molar-refractivity contribution in [3.63, 3.8) is 0 Å². The quantitative estimate of drug-likeness (QED) is 0.906. The number of pyridine rings is 1. The van der Waals surface area contributed by atoms with Crippen LogP contribution in [0.5, 0.6) is 0 Å². The summed E-state index contributed by atoms with van der Waals surface area (Å²) in [6, 6.07) is 7.27. The van der Waals surface area contributed by atoms with Gasteiger partial charge in [0.2, 0.25) is 0 Å². The molecule has 1 unspecified atom stereocenters. The molecule has 1 aliphatic heterocycles. The lowest BCUT2D eigenvalue weighted by molar-refractivity contribution is 0.189. The number of rotatable bonds is 3. The summed E-state index contributed by atoms with van der Waals surface area (Å²) < 4.78 is 6.94. The number of hydrogen-bond acceptors (Lipinski definition) is 4. The van der Waals surface area contributed by atoms with Crippen LogP contribution in [0.4, 0.5) is 10.6 Å². The highest BCUT2D eigenvalue weighted by molar-refractivity contribution is 5.89. The summed E-state index contributed by atoms with van der Waals surface area (Å²) in [7, 11) is 0. The second-order valence-electron chi connectivity index (χ2n) is 6.92. The molecular formula is C17H23N5O2. The van der Waals surface area contributed by atoms with E-state index in [0.717, 1.165) is 12.1 Å². The average molecular weight is 329 g/mol. The van der Waals surface area contributed by atoms with Crippen LogP contribution < -0.4 is 10.6 Å². The van der Waals surface area contributed by atoms with Crippen molar-refractivity contribution in [3.8, 4) is 5.82 Å². The molecule has 3 rings (SSSR count). The Morgan fingerprint density at radius 2 is 2.21 bits per heavy atom. The number of urea groups is 1. The number of aromatic nitrogens is 3. The Labute approximate surface area is 141 Å². The molecule has 1 aliphatic rings. The van der Waals surface area contributed by atoms with E-state index in [1.807, 2.05) is 24.3 Å². The normalized spacial score (nSPS) is 17.7. The molecular weight excluding hydrogens is 306 g/mol. The minimum atomic E-state index is -0.261. The maximum atomic E-state index is 12.3. The van der Waals surface area contributed by atoms with Gasteiger partial charge >= 0.3 is 6.03 Å². The molecule has 0 aliphatic carbocycles. The SMILES string of the molecule is CC(C)(C)c1cc(NC(=O)NC2CCOC2)n(-c2ccccn2)n1. The molecule has 0 radical (unpaired) electrons. The number of nitrogens with zero attached hydrogens (tertiary/aromatic N) is 3. The largest absolute Gasteiger partial charge is 0.379 e. The zero-order valence-corrected chi connectivity index (χ0v) is 14.2. The lowest BCUT2D eigenvalue weighted by atomic mass is 9.92. The molecule has 0 bridgehead atoms. The Morgan fingerprint density at radius 1 is 1.38 bits per heavy atom. The summed E-state index contributed by atoms with van der Waals surface area (Å²) in [6.45, 7) is 7.48. The Kier molecular flexibility index (Phi) is 4.53. The first-order valence-electron chi connectivity index (χ1n) is 8.11. The second-order valence-corrected chi connectivity index (χ2v) is 6.92. The Morgan fingerprint density at radius 3 is 2.83 bits per heavy atom. The Bertz CT molecular complexity index is 700. The zero-order valence-electron chi connectivity index (χ0n) is 14.2. The molecule has 24 heavy (non-hydrogen) atoms. The molecule has 2 aromatic heterocycles. The number of carbonyl (C=O) groups is 1. The first kappa shape index (κ1) is 16.4. The number of ether oxygens (including phenoxy) is 1. The summed E-state index contributed by atoms with van der Waals surface area (Å²) in [5, 5.41) is 10.4. The van der Waals surface area contributed by atoms with Gasteiger partial charge in [-0.1, -0.05) is 26.8 Å². The predicted octanol–water partition coefficient (Wildman–Crippen LogP) is 2.48. The molecule has 0 saturated carbocycles. The van der Waals surface area contributed by atoms with E-state index < -0.39 is 0 Å². The van der Waals surface area contributed by atoms with E-state index in [1.54, 1.807) is 10.9 Å². The van der Waals surface area contributed by atoms with Crippen molar-refractivity contribution < 1.29 is 9.53 Å². The monoisotopic (exact) mass is 329 g/mol. The summed E-state index contributed by atoms with van der Waals surface area (Å²) in [5.74, 6) is 1.25. The van der Waals surface area contributed by atoms with Gasteiger partial charge in [-0.2, -0.15) is 9.78 Å². The highest BCUT2D eigenvalue weighted by Gasteiger charge is 2.23. The van der Waals surface area contributed by atoms with E-state index >= 15 is 0 Å². The van der Waals surface area contributed by atoms with E-state index in [4.69, 9.17) is 4.74 Å². The van der Waals surface area contributed by atoms with Gasteiger partial charge in [-0.15, -0.1) is 0 Å². The number of hydrogen-bond donors (Lipinski definition) is 2. The molecule has 128 valence electrons. The molecule has 1 saturated heterocycles. The molecule has 2 N–H and O–H groups in total. The van der Waals surface area contributed by atoms with Crippen LogP contribution in [0.2, 0.25) is 0 Å². The van der Waals surface area contributed by atoms with Crippen molar-refractivity contribution in [1.82, 2.24) is 20.1 Å². The number of anilines is 1. The molecule has 7 nitrogen and oxygen atoms in total. The van der Waals surface area contributed by atoms with Crippen molar-refractivity contribution in [3.05, 3.63) is 36.2 Å². The van der Waals surface area contributed by atoms with Crippen LogP contribution in [0.3, 0.4) is 0 Å². The first-order valence-corrected chi connectivity index (χ1v) is 8.11. The van der Waals surface area contributed by atoms with E-state index in [9.17, 15) is 4.79 Å². The number of carbonyl (C=O) groups excluding carboxylic acids is 1. The summed E-state index contributed by atoms with van der Waals surface area (Å²) >= 11 is 0. The number of nitrogens with one attached hydrogen (secondary N) is 2. The van der Waals surface area contributed by atoms with Crippen LogP contribution >= 0.6 is 0 Å². The van der Waals surface area contributed by atoms with Crippen molar-refractivity contribution in [2.75, 3.05) is 18.5 Å². The minimum Gasteiger partial charge on any atom is -0.379 e. The van der Waals surface area contributed by atoms with Crippen molar-refractivity contribution in [1.29, 1.82) is 0 Å². The van der Waals surface area contributed by atoms with Crippen molar-refractivity contribution in [2.24, 2.45) is 0 Å². The molecule has 0 spiro atoms. The highest BCUT2D eigenvalue weighted by Crippen LogP contribution is 2.25. The van der Waals surface area contributed by atoms with Gasteiger partial charge < -0.3 is 10.1 Å². The molecule has 2 amide bonds. The molecule has 3 heterocycles. The second kappa shape index (κ2) is 6.60. The van der Waals surface area contributed by atoms with E-state index in [0.29, 0.717) is 24.8 Å². The van der Waals surface area contributed by atoms with Gasteiger partial charge in [-0.25, -0.2) is 9.78 Å². The van der Waals surface area contributed by atoms with Crippen LogP contribution in [0.25, 0.3) is 5.82 Å². The first-order chi connectivity index (χ1) is 11.4. The highest BCUT2D eigenvalue weighted by atomic mass is 16.5. The lowest BCUT2D eigenvalue weighted by Crippen LogP contribution is -2.38. The third-order valence-electron chi connectivity index (χ3n) is 3.85.